The van der Waals surface area contributed by atoms with Gasteiger partial charge in [0.2, 0.25) is 0 Å². The fraction of sp³-hybridized carbons (Fsp3) is 0.0870. The molecule has 0 atom stereocenters. The molecule has 0 fully saturated rings. The minimum absolute atomic E-state index is 0.613. The number of benzene rings is 1. The molecule has 0 spiro atoms. The van der Waals surface area contributed by atoms with Gasteiger partial charge in [0.25, 0.3) is 0 Å². The fourth-order valence-electron chi connectivity index (χ4n) is 3.32. The van der Waals surface area contributed by atoms with Crippen molar-refractivity contribution in [1.29, 1.82) is 0 Å². The Morgan fingerprint density at radius 1 is 0.867 bits per heavy atom. The van der Waals surface area contributed by atoms with E-state index in [1.165, 1.54) is 0 Å². The normalized spacial score (nSPS) is 11.0. The molecule has 0 radical (unpaired) electrons. The van der Waals surface area contributed by atoms with Crippen LogP contribution < -0.4 is 5.32 Å². The van der Waals surface area contributed by atoms with Crippen LogP contribution in [-0.2, 0) is 6.54 Å². The number of aryl methyl sites for hydroxylation is 1. The molecule has 0 bridgehead atoms. The molecule has 0 aliphatic rings. The number of nitrogens with one attached hydrogen (secondary N) is 1. The van der Waals surface area contributed by atoms with Crippen molar-refractivity contribution >= 4 is 16.7 Å². The third-order valence-corrected chi connectivity index (χ3v) is 4.88. The van der Waals surface area contributed by atoms with E-state index in [1.807, 2.05) is 49.5 Å². The lowest BCUT2D eigenvalue weighted by molar-refractivity contribution is 0.420. The van der Waals surface area contributed by atoms with E-state index in [9.17, 15) is 0 Å². The Balaban J connectivity index is 1.35. The maximum atomic E-state index is 4.93. The van der Waals surface area contributed by atoms with Gasteiger partial charge in [0.1, 0.15) is 18.4 Å². The fourth-order valence-corrected chi connectivity index (χ4v) is 3.32. The van der Waals surface area contributed by atoms with Crippen LogP contribution in [0.4, 0.5) is 5.82 Å². The van der Waals surface area contributed by atoms with Crippen LogP contribution in [0.3, 0.4) is 0 Å². The van der Waals surface area contributed by atoms with Gasteiger partial charge >= 0.3 is 0 Å². The summed E-state index contributed by atoms with van der Waals surface area (Å²) in [5.41, 5.74) is 6.80. The van der Waals surface area contributed by atoms with E-state index < -0.39 is 0 Å². The first kappa shape index (κ1) is 17.9. The molecule has 0 saturated heterocycles. The lowest BCUT2D eigenvalue weighted by Crippen LogP contribution is -2.03. The van der Waals surface area contributed by atoms with Crippen molar-refractivity contribution in [2.75, 3.05) is 5.32 Å². The van der Waals surface area contributed by atoms with Gasteiger partial charge in [-0.25, -0.2) is 9.97 Å². The molecule has 0 aliphatic heterocycles. The summed E-state index contributed by atoms with van der Waals surface area (Å²) < 4.78 is 4.93. The zero-order valence-electron chi connectivity index (χ0n) is 16.3. The largest absolute Gasteiger partial charge is 0.365 e. The second kappa shape index (κ2) is 7.71. The number of fused-ring (bicyclic) bond motifs is 1. The van der Waals surface area contributed by atoms with Crippen LogP contribution in [0, 0.1) is 6.92 Å². The lowest BCUT2D eigenvalue weighted by atomic mass is 10.1. The summed E-state index contributed by atoms with van der Waals surface area (Å²) in [7, 11) is 0. The van der Waals surface area contributed by atoms with Crippen LogP contribution in [-0.4, -0.2) is 25.1 Å². The zero-order valence-corrected chi connectivity index (χ0v) is 16.3. The van der Waals surface area contributed by atoms with Crippen molar-refractivity contribution in [3.63, 3.8) is 0 Å². The zero-order chi connectivity index (χ0) is 20.3. The number of pyridine rings is 2. The Bertz CT molecular complexity index is 1300. The van der Waals surface area contributed by atoms with Gasteiger partial charge in [0.15, 0.2) is 0 Å². The molecule has 1 aromatic carbocycles. The number of nitrogens with zero attached hydrogens (tertiary/aromatic N) is 5. The predicted octanol–water partition coefficient (Wildman–Crippen LogP) is 4.66. The van der Waals surface area contributed by atoms with Crippen molar-refractivity contribution in [2.45, 2.75) is 13.5 Å². The molecule has 5 rings (SSSR count). The van der Waals surface area contributed by atoms with Crippen LogP contribution in [0.1, 0.15) is 11.3 Å². The minimum Gasteiger partial charge on any atom is -0.365 e. The third-order valence-electron chi connectivity index (χ3n) is 4.88. The van der Waals surface area contributed by atoms with Gasteiger partial charge in [-0.15, -0.1) is 0 Å². The summed E-state index contributed by atoms with van der Waals surface area (Å²) in [6, 6.07) is 14.1. The maximum Gasteiger partial charge on any atom is 0.137 e. The number of rotatable bonds is 5. The monoisotopic (exact) mass is 394 g/mol. The van der Waals surface area contributed by atoms with Crippen molar-refractivity contribution in [2.24, 2.45) is 0 Å². The summed E-state index contributed by atoms with van der Waals surface area (Å²) in [6.45, 7) is 2.59. The number of aromatic nitrogens is 5. The molecule has 7 nitrogen and oxygen atoms in total. The number of hydrogen-bond donors (Lipinski definition) is 1. The first-order chi connectivity index (χ1) is 14.8. The van der Waals surface area contributed by atoms with Gasteiger partial charge in [-0.05, 0) is 48.4 Å². The molecule has 1 N–H and O–H groups in total. The Morgan fingerprint density at radius 2 is 1.83 bits per heavy atom. The van der Waals surface area contributed by atoms with E-state index in [-0.39, 0.29) is 0 Å². The van der Waals surface area contributed by atoms with Gasteiger partial charge < -0.3 is 9.84 Å². The Kier molecular flexibility index (Phi) is 4.61. The Labute approximate surface area is 172 Å². The van der Waals surface area contributed by atoms with Crippen LogP contribution in [0.5, 0.6) is 0 Å². The molecular formula is C23H18N6O. The Morgan fingerprint density at radius 3 is 2.63 bits per heavy atom. The van der Waals surface area contributed by atoms with Gasteiger partial charge in [-0.2, -0.15) is 0 Å². The van der Waals surface area contributed by atoms with Gasteiger partial charge in [0, 0.05) is 41.1 Å². The molecular weight excluding hydrogens is 376 g/mol. The molecule has 146 valence electrons. The first-order valence-corrected chi connectivity index (χ1v) is 9.52. The number of hydrogen-bond acceptors (Lipinski definition) is 7. The SMILES string of the molecule is Cc1cc(-c2ccc(CNc3ncnc4cc(-c5cnoc5)ccc34)cn2)ccn1. The highest BCUT2D eigenvalue weighted by Gasteiger charge is 2.07. The highest BCUT2D eigenvalue weighted by Crippen LogP contribution is 2.26. The van der Waals surface area contributed by atoms with E-state index >= 15 is 0 Å². The summed E-state index contributed by atoms with van der Waals surface area (Å²) in [5.74, 6) is 0.783. The van der Waals surface area contributed by atoms with E-state index in [1.54, 1.807) is 25.0 Å². The van der Waals surface area contributed by atoms with Gasteiger partial charge in [0.05, 0.1) is 17.4 Å². The van der Waals surface area contributed by atoms with E-state index in [0.717, 1.165) is 50.4 Å². The predicted molar refractivity (Wildman–Crippen MR) is 115 cm³/mol. The highest BCUT2D eigenvalue weighted by atomic mass is 16.5. The smallest absolute Gasteiger partial charge is 0.137 e. The summed E-state index contributed by atoms with van der Waals surface area (Å²) >= 11 is 0. The standard InChI is InChI=1S/C23H18N6O/c1-15-8-18(6-7-24-15)21-5-2-16(10-25-21)11-26-23-20-4-3-17(19-12-29-30-13-19)9-22(20)27-14-28-23/h2-10,12-14H,11H2,1H3,(H,26,27,28). The van der Waals surface area contributed by atoms with Crippen LogP contribution in [0.2, 0.25) is 0 Å². The molecule has 5 aromatic rings. The highest BCUT2D eigenvalue weighted by molar-refractivity contribution is 5.91. The second-order valence-electron chi connectivity index (χ2n) is 6.96. The van der Waals surface area contributed by atoms with Crippen molar-refractivity contribution in [3.8, 4) is 22.4 Å². The Hall–Kier alpha value is -4.13. The quantitative estimate of drug-likeness (QED) is 0.463. The average Bonchev–Trinajstić information content (AvgIpc) is 3.33. The average molecular weight is 394 g/mol. The lowest BCUT2D eigenvalue weighted by Gasteiger charge is -2.09. The van der Waals surface area contributed by atoms with Crippen LogP contribution in [0.25, 0.3) is 33.3 Å². The molecule has 0 saturated carbocycles. The van der Waals surface area contributed by atoms with E-state index in [0.29, 0.717) is 6.54 Å². The molecule has 30 heavy (non-hydrogen) atoms. The topological polar surface area (TPSA) is 89.6 Å². The third kappa shape index (κ3) is 3.60. The van der Waals surface area contributed by atoms with E-state index in [4.69, 9.17) is 4.52 Å². The molecule has 0 amide bonds. The van der Waals surface area contributed by atoms with Crippen molar-refractivity contribution < 1.29 is 4.52 Å². The van der Waals surface area contributed by atoms with Gasteiger partial charge in [-0.3, -0.25) is 9.97 Å². The minimum atomic E-state index is 0.613. The molecule has 0 aliphatic carbocycles. The summed E-state index contributed by atoms with van der Waals surface area (Å²) in [5, 5.41) is 8.11. The second-order valence-corrected chi connectivity index (χ2v) is 6.96. The summed E-state index contributed by atoms with van der Waals surface area (Å²) in [6.07, 6.45) is 8.55. The van der Waals surface area contributed by atoms with Crippen molar-refractivity contribution in [3.05, 3.63) is 84.9 Å². The molecule has 0 unspecified atom stereocenters. The maximum absolute atomic E-state index is 4.93. The first-order valence-electron chi connectivity index (χ1n) is 9.52. The van der Waals surface area contributed by atoms with Crippen LogP contribution >= 0.6 is 0 Å². The summed E-state index contributed by atoms with van der Waals surface area (Å²) in [4.78, 5) is 17.6. The molecule has 4 aromatic heterocycles. The van der Waals surface area contributed by atoms with Crippen molar-refractivity contribution in [1.82, 2.24) is 25.1 Å². The van der Waals surface area contributed by atoms with Crippen LogP contribution in [0.15, 0.2) is 78.2 Å². The van der Waals surface area contributed by atoms with E-state index in [2.05, 4.69) is 36.5 Å². The van der Waals surface area contributed by atoms with Gasteiger partial charge in [-0.1, -0.05) is 17.3 Å². The number of anilines is 1. The molecule has 4 heterocycles. The molecule has 7 heteroatoms.